The largest absolute Gasteiger partial charge is 0.455 e. The highest BCUT2D eigenvalue weighted by molar-refractivity contribution is 5.57. The smallest absolute Gasteiger partial charge is 0.269 e. The minimum absolute atomic E-state index is 0.101. The molecule has 0 spiro atoms. The fourth-order valence-electron chi connectivity index (χ4n) is 2.51. The Morgan fingerprint density at radius 1 is 1.00 bits per heavy atom. The number of nitro groups is 1. The van der Waals surface area contributed by atoms with E-state index >= 15 is 0 Å². The maximum absolute atomic E-state index is 10.6. The third kappa shape index (κ3) is 4.68. The van der Waals surface area contributed by atoms with Crippen molar-refractivity contribution in [3.8, 4) is 11.3 Å². The van der Waals surface area contributed by atoms with Gasteiger partial charge in [-0.25, -0.2) is 0 Å². The molecule has 0 saturated heterocycles. The van der Waals surface area contributed by atoms with Crippen molar-refractivity contribution in [2.45, 2.75) is 6.54 Å². The van der Waals surface area contributed by atoms with E-state index in [0.29, 0.717) is 0 Å². The molecule has 0 unspecified atom stereocenters. The first kappa shape index (κ1) is 16.7. The minimum Gasteiger partial charge on any atom is -0.455 e. The molecule has 0 fully saturated rings. The van der Waals surface area contributed by atoms with Crippen LogP contribution in [0.2, 0.25) is 0 Å². The van der Waals surface area contributed by atoms with Crippen molar-refractivity contribution in [1.29, 1.82) is 0 Å². The van der Waals surface area contributed by atoms with Crippen molar-refractivity contribution in [3.05, 3.63) is 82.6 Å². The summed E-state index contributed by atoms with van der Waals surface area (Å²) in [7, 11) is 0. The van der Waals surface area contributed by atoms with Gasteiger partial charge in [-0.1, -0.05) is 30.3 Å². The number of quaternary nitrogens is 1. The van der Waals surface area contributed by atoms with E-state index in [1.54, 1.807) is 12.1 Å². The zero-order valence-electron chi connectivity index (χ0n) is 13.7. The summed E-state index contributed by atoms with van der Waals surface area (Å²) in [6, 6.07) is 20.5. The lowest BCUT2D eigenvalue weighted by Gasteiger charge is -2.05. The molecule has 0 radical (unpaired) electrons. The Morgan fingerprint density at radius 2 is 1.76 bits per heavy atom. The highest BCUT2D eigenvalue weighted by Crippen LogP contribution is 2.21. The van der Waals surface area contributed by atoms with Gasteiger partial charge in [0.25, 0.3) is 5.69 Å². The molecule has 0 amide bonds. The second-order valence-electron chi connectivity index (χ2n) is 5.64. The molecule has 0 aliphatic heterocycles. The van der Waals surface area contributed by atoms with E-state index in [-0.39, 0.29) is 5.69 Å². The van der Waals surface area contributed by atoms with E-state index in [9.17, 15) is 10.1 Å². The van der Waals surface area contributed by atoms with Gasteiger partial charge in [0.2, 0.25) is 0 Å². The fraction of sp³-hybridized carbons (Fsp3) is 0.158. The molecule has 0 bridgehead atoms. The van der Waals surface area contributed by atoms with Crippen LogP contribution in [0, 0.1) is 10.1 Å². The van der Waals surface area contributed by atoms with Gasteiger partial charge in [-0.3, -0.25) is 10.1 Å². The zero-order valence-corrected chi connectivity index (χ0v) is 13.7. The highest BCUT2D eigenvalue weighted by Gasteiger charge is 2.06. The first-order valence-electron chi connectivity index (χ1n) is 8.16. The van der Waals surface area contributed by atoms with Crippen LogP contribution in [0.3, 0.4) is 0 Å². The molecular formula is C19H20N3O3+. The lowest BCUT2D eigenvalue weighted by Crippen LogP contribution is -2.83. The molecule has 0 aliphatic carbocycles. The van der Waals surface area contributed by atoms with Gasteiger partial charge in [-0.2, -0.15) is 0 Å². The molecule has 0 atom stereocenters. The second-order valence-corrected chi connectivity index (χ2v) is 5.64. The Morgan fingerprint density at radius 3 is 2.48 bits per heavy atom. The Labute approximate surface area is 145 Å². The first-order valence-corrected chi connectivity index (χ1v) is 8.16. The number of hydrogen-bond donors (Lipinski definition) is 2. The van der Waals surface area contributed by atoms with Crippen LogP contribution in [0.25, 0.3) is 11.3 Å². The number of hydrogen-bond acceptors (Lipinski definition) is 4. The van der Waals surface area contributed by atoms with E-state index in [0.717, 1.165) is 42.4 Å². The summed E-state index contributed by atoms with van der Waals surface area (Å²) in [6.45, 7) is 2.41. The third-order valence-corrected chi connectivity index (χ3v) is 3.82. The quantitative estimate of drug-likeness (QED) is 0.376. The van der Waals surface area contributed by atoms with Crippen molar-refractivity contribution in [2.75, 3.05) is 18.4 Å². The number of nitro benzene ring substituents is 1. The molecule has 3 N–H and O–H groups in total. The SMILES string of the molecule is O=[N+]([O-])c1ccc(NCC[NH2+]Cc2ccc(-c3ccccc3)o2)cc1. The summed E-state index contributed by atoms with van der Waals surface area (Å²) in [5, 5.41) is 16.0. The van der Waals surface area contributed by atoms with Gasteiger partial charge in [0.05, 0.1) is 18.0 Å². The lowest BCUT2D eigenvalue weighted by molar-refractivity contribution is -0.669. The van der Waals surface area contributed by atoms with E-state index in [4.69, 9.17) is 4.42 Å². The van der Waals surface area contributed by atoms with Gasteiger partial charge in [-0.05, 0) is 24.3 Å². The average Bonchev–Trinajstić information content (AvgIpc) is 3.11. The Kier molecular flexibility index (Phi) is 5.43. The number of nitrogens with one attached hydrogen (secondary N) is 1. The van der Waals surface area contributed by atoms with E-state index in [1.165, 1.54) is 12.1 Å². The van der Waals surface area contributed by atoms with Crippen LogP contribution in [0.4, 0.5) is 11.4 Å². The van der Waals surface area contributed by atoms with Gasteiger partial charge in [0.1, 0.15) is 12.3 Å². The predicted molar refractivity (Wildman–Crippen MR) is 96.2 cm³/mol. The number of furan rings is 1. The number of nitrogens with zero attached hydrogens (tertiary/aromatic N) is 1. The van der Waals surface area contributed by atoms with Crippen LogP contribution in [0.1, 0.15) is 5.76 Å². The summed E-state index contributed by atoms with van der Waals surface area (Å²) in [5.41, 5.74) is 2.06. The fourth-order valence-corrected chi connectivity index (χ4v) is 2.51. The van der Waals surface area contributed by atoms with Crippen LogP contribution >= 0.6 is 0 Å². The molecule has 2 aromatic carbocycles. The topological polar surface area (TPSA) is 84.9 Å². The molecule has 1 aromatic heterocycles. The van der Waals surface area contributed by atoms with Crippen LogP contribution in [0.5, 0.6) is 0 Å². The van der Waals surface area contributed by atoms with Gasteiger partial charge in [0.15, 0.2) is 5.76 Å². The van der Waals surface area contributed by atoms with Crippen LogP contribution in [-0.2, 0) is 6.54 Å². The Balaban J connectivity index is 1.40. The van der Waals surface area contributed by atoms with Crippen molar-refractivity contribution < 1.29 is 14.7 Å². The zero-order chi connectivity index (χ0) is 17.5. The molecule has 128 valence electrons. The summed E-state index contributed by atoms with van der Waals surface area (Å²) in [5.74, 6) is 1.82. The standard InChI is InChI=1S/C19H19N3O3/c23-22(24)17-8-6-16(7-9-17)21-13-12-20-14-18-10-11-19(25-18)15-4-2-1-3-5-15/h1-11,20-21H,12-14H2/p+1. The molecule has 0 saturated carbocycles. The van der Waals surface area contributed by atoms with E-state index < -0.39 is 4.92 Å². The molecule has 6 heteroatoms. The molecular weight excluding hydrogens is 318 g/mol. The van der Waals surface area contributed by atoms with E-state index in [2.05, 4.69) is 10.6 Å². The maximum atomic E-state index is 10.6. The molecule has 25 heavy (non-hydrogen) atoms. The first-order chi connectivity index (χ1) is 12.2. The van der Waals surface area contributed by atoms with Gasteiger partial charge in [-0.15, -0.1) is 0 Å². The van der Waals surface area contributed by atoms with Crippen molar-refractivity contribution in [2.24, 2.45) is 0 Å². The molecule has 1 heterocycles. The summed E-state index contributed by atoms with van der Waals surface area (Å²) in [4.78, 5) is 10.2. The monoisotopic (exact) mass is 338 g/mol. The van der Waals surface area contributed by atoms with Crippen molar-refractivity contribution in [3.63, 3.8) is 0 Å². The van der Waals surface area contributed by atoms with Crippen LogP contribution in [0.15, 0.2) is 71.1 Å². The lowest BCUT2D eigenvalue weighted by atomic mass is 10.2. The predicted octanol–water partition coefficient (Wildman–Crippen LogP) is 3.03. The van der Waals surface area contributed by atoms with Crippen molar-refractivity contribution in [1.82, 2.24) is 0 Å². The summed E-state index contributed by atoms with van der Waals surface area (Å²) in [6.07, 6.45) is 0. The van der Waals surface area contributed by atoms with Crippen LogP contribution in [-0.4, -0.2) is 18.0 Å². The number of rotatable bonds is 8. The normalized spacial score (nSPS) is 10.6. The highest BCUT2D eigenvalue weighted by atomic mass is 16.6. The summed E-state index contributed by atoms with van der Waals surface area (Å²) >= 11 is 0. The van der Waals surface area contributed by atoms with Gasteiger partial charge in [0, 0.05) is 23.4 Å². The number of non-ortho nitro benzene ring substituents is 1. The van der Waals surface area contributed by atoms with Gasteiger partial charge < -0.3 is 15.1 Å². The third-order valence-electron chi connectivity index (χ3n) is 3.82. The molecule has 0 aliphatic rings. The Bertz CT molecular complexity index is 813. The molecule has 3 aromatic rings. The second kappa shape index (κ2) is 8.12. The van der Waals surface area contributed by atoms with Crippen molar-refractivity contribution >= 4 is 11.4 Å². The number of anilines is 1. The van der Waals surface area contributed by atoms with Gasteiger partial charge >= 0.3 is 0 Å². The minimum atomic E-state index is -0.398. The Hall–Kier alpha value is -3.12. The number of benzene rings is 2. The maximum Gasteiger partial charge on any atom is 0.269 e. The number of nitrogens with two attached hydrogens (primary N) is 1. The molecule has 6 nitrogen and oxygen atoms in total. The van der Waals surface area contributed by atoms with E-state index in [1.807, 2.05) is 42.5 Å². The molecule has 3 rings (SSSR count). The van der Waals surface area contributed by atoms with Crippen LogP contribution < -0.4 is 10.6 Å². The summed E-state index contributed by atoms with van der Waals surface area (Å²) < 4.78 is 5.85. The average molecular weight is 338 g/mol.